The molecule has 6 nitrogen and oxygen atoms in total. The molecule has 0 saturated heterocycles. The van der Waals surface area contributed by atoms with Crippen molar-refractivity contribution in [1.82, 2.24) is 5.32 Å². The first kappa shape index (κ1) is 22.1. The largest absolute Gasteiger partial charge is 0.493 e. The van der Waals surface area contributed by atoms with Gasteiger partial charge in [0.1, 0.15) is 30.5 Å². The zero-order valence-corrected chi connectivity index (χ0v) is 18.0. The van der Waals surface area contributed by atoms with Gasteiger partial charge in [-0.15, -0.1) is 0 Å². The number of hydrogen-bond acceptors (Lipinski definition) is 5. The molecular formula is C24H24N2O4S. The van der Waals surface area contributed by atoms with Crippen LogP contribution in [-0.4, -0.2) is 30.8 Å². The van der Waals surface area contributed by atoms with Gasteiger partial charge in [0.2, 0.25) is 0 Å². The zero-order valence-electron chi connectivity index (χ0n) is 17.2. The molecule has 0 saturated carbocycles. The van der Waals surface area contributed by atoms with Gasteiger partial charge >= 0.3 is 0 Å². The van der Waals surface area contributed by atoms with E-state index in [0.717, 1.165) is 11.4 Å². The van der Waals surface area contributed by atoms with Crippen LogP contribution in [0.15, 0.2) is 78.9 Å². The van der Waals surface area contributed by atoms with E-state index in [0.29, 0.717) is 36.9 Å². The molecule has 0 unspecified atom stereocenters. The lowest BCUT2D eigenvalue weighted by molar-refractivity contribution is 0.0974. The summed E-state index contributed by atoms with van der Waals surface area (Å²) in [4.78, 5) is 12.5. The van der Waals surface area contributed by atoms with Crippen LogP contribution in [0.4, 0.5) is 5.69 Å². The molecule has 0 bridgehead atoms. The SMILES string of the molecule is CCOc1ccccc1C(=O)NC(=S)Nc1ccc(OCCOc2ccccc2)cc1. The molecule has 0 heterocycles. The van der Waals surface area contributed by atoms with Crippen LogP contribution in [0.5, 0.6) is 17.2 Å². The summed E-state index contributed by atoms with van der Waals surface area (Å²) in [5, 5.41) is 5.85. The summed E-state index contributed by atoms with van der Waals surface area (Å²) in [6.07, 6.45) is 0. The average molecular weight is 437 g/mol. The summed E-state index contributed by atoms with van der Waals surface area (Å²) in [6.45, 7) is 3.21. The number of rotatable bonds is 9. The van der Waals surface area contributed by atoms with Crippen molar-refractivity contribution >= 4 is 28.9 Å². The first-order chi connectivity index (χ1) is 15.2. The minimum absolute atomic E-state index is 0.196. The van der Waals surface area contributed by atoms with Crippen molar-refractivity contribution in [3.63, 3.8) is 0 Å². The molecular weight excluding hydrogens is 412 g/mol. The van der Waals surface area contributed by atoms with Crippen LogP contribution in [0, 0.1) is 0 Å². The first-order valence-corrected chi connectivity index (χ1v) is 10.3. The normalized spacial score (nSPS) is 10.1. The second-order valence-corrected chi connectivity index (χ2v) is 6.78. The van der Waals surface area contributed by atoms with Gasteiger partial charge in [-0.05, 0) is 67.7 Å². The molecule has 0 aliphatic rings. The summed E-state index contributed by atoms with van der Waals surface area (Å²) in [5.41, 5.74) is 1.16. The third kappa shape index (κ3) is 7.01. The predicted octanol–water partition coefficient (Wildman–Crippen LogP) is 4.67. The highest BCUT2D eigenvalue weighted by Crippen LogP contribution is 2.18. The lowest BCUT2D eigenvalue weighted by Crippen LogP contribution is -2.34. The molecule has 2 N–H and O–H groups in total. The summed E-state index contributed by atoms with van der Waals surface area (Å²) in [5.74, 6) is 1.70. The Hall–Kier alpha value is -3.58. The molecule has 31 heavy (non-hydrogen) atoms. The lowest BCUT2D eigenvalue weighted by atomic mass is 10.2. The van der Waals surface area contributed by atoms with E-state index in [-0.39, 0.29) is 11.0 Å². The average Bonchev–Trinajstić information content (AvgIpc) is 2.79. The van der Waals surface area contributed by atoms with Crippen molar-refractivity contribution in [2.75, 3.05) is 25.1 Å². The van der Waals surface area contributed by atoms with Crippen LogP contribution in [-0.2, 0) is 0 Å². The maximum atomic E-state index is 12.5. The zero-order chi connectivity index (χ0) is 21.9. The number of carbonyl (C=O) groups excluding carboxylic acids is 1. The van der Waals surface area contributed by atoms with Gasteiger partial charge in [-0.1, -0.05) is 30.3 Å². The fourth-order valence-corrected chi connectivity index (χ4v) is 2.95. The van der Waals surface area contributed by atoms with Crippen molar-refractivity contribution in [3.05, 3.63) is 84.4 Å². The number of para-hydroxylation sites is 2. The minimum Gasteiger partial charge on any atom is -0.493 e. The van der Waals surface area contributed by atoms with E-state index in [4.69, 9.17) is 26.4 Å². The molecule has 3 aromatic carbocycles. The van der Waals surface area contributed by atoms with Crippen LogP contribution in [0.25, 0.3) is 0 Å². The van der Waals surface area contributed by atoms with E-state index in [1.165, 1.54) is 0 Å². The van der Waals surface area contributed by atoms with Gasteiger partial charge in [-0.25, -0.2) is 0 Å². The Morgan fingerprint density at radius 3 is 2.10 bits per heavy atom. The van der Waals surface area contributed by atoms with Crippen LogP contribution in [0.1, 0.15) is 17.3 Å². The minimum atomic E-state index is -0.333. The number of nitrogens with one attached hydrogen (secondary N) is 2. The number of ether oxygens (including phenoxy) is 3. The van der Waals surface area contributed by atoms with Gasteiger partial charge in [0.25, 0.3) is 5.91 Å². The molecule has 0 spiro atoms. The van der Waals surface area contributed by atoms with Gasteiger partial charge in [0, 0.05) is 5.69 Å². The van der Waals surface area contributed by atoms with Crippen LogP contribution in [0.2, 0.25) is 0 Å². The Morgan fingerprint density at radius 2 is 1.42 bits per heavy atom. The maximum absolute atomic E-state index is 12.5. The van der Waals surface area contributed by atoms with Crippen LogP contribution >= 0.6 is 12.2 Å². The van der Waals surface area contributed by atoms with E-state index in [2.05, 4.69) is 10.6 Å². The molecule has 160 valence electrons. The Balaban J connectivity index is 1.45. The lowest BCUT2D eigenvalue weighted by Gasteiger charge is -2.13. The smallest absolute Gasteiger partial charge is 0.261 e. The molecule has 0 radical (unpaired) electrons. The molecule has 3 rings (SSSR count). The number of amides is 1. The topological polar surface area (TPSA) is 68.8 Å². The fourth-order valence-electron chi connectivity index (χ4n) is 2.74. The molecule has 0 atom stereocenters. The molecule has 0 fully saturated rings. The Labute approximate surface area is 187 Å². The Bertz CT molecular complexity index is 994. The van der Waals surface area contributed by atoms with Gasteiger partial charge in [-0.3, -0.25) is 10.1 Å². The molecule has 7 heteroatoms. The van der Waals surface area contributed by atoms with E-state index >= 15 is 0 Å². The third-order valence-corrected chi connectivity index (χ3v) is 4.34. The van der Waals surface area contributed by atoms with E-state index in [1.807, 2.05) is 67.6 Å². The Morgan fingerprint density at radius 1 is 0.806 bits per heavy atom. The van der Waals surface area contributed by atoms with Crippen molar-refractivity contribution < 1.29 is 19.0 Å². The fraction of sp³-hybridized carbons (Fsp3) is 0.167. The number of hydrogen-bond donors (Lipinski definition) is 2. The monoisotopic (exact) mass is 436 g/mol. The van der Waals surface area contributed by atoms with Gasteiger partial charge in [-0.2, -0.15) is 0 Å². The molecule has 3 aromatic rings. The van der Waals surface area contributed by atoms with Crippen LogP contribution in [0.3, 0.4) is 0 Å². The number of benzene rings is 3. The summed E-state index contributed by atoms with van der Waals surface area (Å²) < 4.78 is 16.8. The van der Waals surface area contributed by atoms with E-state index < -0.39 is 0 Å². The number of carbonyl (C=O) groups is 1. The first-order valence-electron chi connectivity index (χ1n) is 9.90. The quantitative estimate of drug-likeness (QED) is 0.375. The summed E-state index contributed by atoms with van der Waals surface area (Å²) in [7, 11) is 0. The molecule has 0 aliphatic heterocycles. The van der Waals surface area contributed by atoms with E-state index in [1.54, 1.807) is 18.2 Å². The Kier molecular flexibility index (Phi) is 8.25. The number of anilines is 1. The molecule has 0 aliphatic carbocycles. The highest BCUT2D eigenvalue weighted by molar-refractivity contribution is 7.80. The standard InChI is InChI=1S/C24H24N2O4S/c1-2-28-22-11-7-6-10-21(22)23(27)26-24(31)25-18-12-14-20(15-13-18)30-17-16-29-19-8-4-3-5-9-19/h3-15H,2,16-17H2,1H3,(H2,25,26,27,31). The third-order valence-electron chi connectivity index (χ3n) is 4.13. The molecule has 1 amide bonds. The second kappa shape index (κ2) is 11.6. The summed E-state index contributed by atoms with van der Waals surface area (Å²) >= 11 is 5.25. The second-order valence-electron chi connectivity index (χ2n) is 6.37. The van der Waals surface area contributed by atoms with Crippen molar-refractivity contribution in [2.24, 2.45) is 0 Å². The van der Waals surface area contributed by atoms with Crippen molar-refractivity contribution in [3.8, 4) is 17.2 Å². The summed E-state index contributed by atoms with van der Waals surface area (Å²) in [6, 6.07) is 23.9. The highest BCUT2D eigenvalue weighted by atomic mass is 32.1. The van der Waals surface area contributed by atoms with Crippen LogP contribution < -0.4 is 24.8 Å². The van der Waals surface area contributed by atoms with E-state index in [9.17, 15) is 4.79 Å². The highest BCUT2D eigenvalue weighted by Gasteiger charge is 2.13. The van der Waals surface area contributed by atoms with Gasteiger partial charge in [0.05, 0.1) is 12.2 Å². The van der Waals surface area contributed by atoms with Crippen molar-refractivity contribution in [1.29, 1.82) is 0 Å². The maximum Gasteiger partial charge on any atom is 0.261 e. The number of thiocarbonyl (C=S) groups is 1. The van der Waals surface area contributed by atoms with Gasteiger partial charge in [0.15, 0.2) is 5.11 Å². The van der Waals surface area contributed by atoms with Gasteiger partial charge < -0.3 is 19.5 Å². The van der Waals surface area contributed by atoms with Crippen molar-refractivity contribution in [2.45, 2.75) is 6.92 Å². The predicted molar refractivity (Wildman–Crippen MR) is 125 cm³/mol. The molecule has 0 aromatic heterocycles.